The number of hydrogen-bond acceptors (Lipinski definition) is 5. The highest BCUT2D eigenvalue weighted by Crippen LogP contribution is 2.23. The highest BCUT2D eigenvalue weighted by Gasteiger charge is 2.45. The summed E-state index contributed by atoms with van der Waals surface area (Å²) in [5.41, 5.74) is 5.90. The molecule has 118 valence electrons. The number of aromatic amines is 1. The summed E-state index contributed by atoms with van der Waals surface area (Å²) in [6.45, 7) is 3.61. The van der Waals surface area contributed by atoms with E-state index in [9.17, 15) is 9.59 Å². The van der Waals surface area contributed by atoms with Crippen molar-refractivity contribution in [3.05, 3.63) is 36.0 Å². The Morgan fingerprint density at radius 3 is 2.32 bits per heavy atom. The zero-order valence-corrected chi connectivity index (χ0v) is 12.7. The molecule has 0 spiro atoms. The number of rotatable bonds is 6. The summed E-state index contributed by atoms with van der Waals surface area (Å²) in [7, 11) is 0. The fourth-order valence-electron chi connectivity index (χ4n) is 2.33. The van der Waals surface area contributed by atoms with Gasteiger partial charge in [0.2, 0.25) is 5.54 Å². The quantitative estimate of drug-likeness (QED) is 0.623. The third-order valence-corrected chi connectivity index (χ3v) is 3.42. The van der Waals surface area contributed by atoms with E-state index >= 15 is 0 Å². The first-order valence-electron chi connectivity index (χ1n) is 7.21. The minimum atomic E-state index is -1.85. The maximum Gasteiger partial charge on any atom is 0.338 e. The minimum Gasteiger partial charge on any atom is -0.464 e. The van der Waals surface area contributed by atoms with E-state index in [4.69, 9.17) is 15.2 Å². The molecule has 0 aliphatic carbocycles. The number of ether oxygens (including phenoxy) is 2. The molecule has 0 aliphatic heterocycles. The number of para-hydroxylation sites is 1. The lowest BCUT2D eigenvalue weighted by molar-refractivity contribution is -0.163. The monoisotopic (exact) mass is 304 g/mol. The van der Waals surface area contributed by atoms with Gasteiger partial charge in [-0.1, -0.05) is 18.2 Å². The smallest absolute Gasteiger partial charge is 0.338 e. The van der Waals surface area contributed by atoms with Crippen molar-refractivity contribution in [2.24, 2.45) is 5.73 Å². The van der Waals surface area contributed by atoms with Crippen LogP contribution in [0.3, 0.4) is 0 Å². The fourth-order valence-corrected chi connectivity index (χ4v) is 2.33. The summed E-state index contributed by atoms with van der Waals surface area (Å²) in [5.74, 6) is -1.56. The molecule has 0 unspecified atom stereocenters. The van der Waals surface area contributed by atoms with Crippen LogP contribution in [-0.4, -0.2) is 35.7 Å². The van der Waals surface area contributed by atoms with Crippen LogP contribution >= 0.6 is 0 Å². The van der Waals surface area contributed by atoms with Gasteiger partial charge in [-0.05, 0) is 25.5 Å². The van der Waals surface area contributed by atoms with Crippen LogP contribution < -0.4 is 5.73 Å². The predicted octanol–water partition coefficient (Wildman–Crippen LogP) is 1.53. The average Bonchev–Trinajstić information content (AvgIpc) is 2.91. The Labute approximate surface area is 128 Å². The molecule has 0 radical (unpaired) electrons. The topological polar surface area (TPSA) is 94.4 Å². The predicted molar refractivity (Wildman–Crippen MR) is 82.2 cm³/mol. The highest BCUT2D eigenvalue weighted by atomic mass is 16.6. The molecule has 2 aromatic rings. The van der Waals surface area contributed by atoms with Gasteiger partial charge < -0.3 is 20.2 Å². The Bertz CT molecular complexity index is 660. The van der Waals surface area contributed by atoms with Gasteiger partial charge >= 0.3 is 11.9 Å². The third-order valence-electron chi connectivity index (χ3n) is 3.42. The van der Waals surface area contributed by atoms with Crippen molar-refractivity contribution >= 4 is 22.8 Å². The van der Waals surface area contributed by atoms with Crippen LogP contribution in [0.25, 0.3) is 10.9 Å². The van der Waals surface area contributed by atoms with Gasteiger partial charge in [-0.3, -0.25) is 0 Å². The number of esters is 2. The molecule has 3 N–H and O–H groups in total. The van der Waals surface area contributed by atoms with Gasteiger partial charge in [0.1, 0.15) is 0 Å². The number of carbonyl (C=O) groups excluding carboxylic acids is 2. The maximum atomic E-state index is 12.2. The Hall–Kier alpha value is -2.34. The van der Waals surface area contributed by atoms with Crippen LogP contribution in [0, 0.1) is 0 Å². The molecule has 0 saturated heterocycles. The SMILES string of the molecule is CCOC(=O)C(N)(Cc1c[nH]c2ccccc12)C(=O)OCC. The number of carbonyl (C=O) groups is 2. The fraction of sp³-hybridized carbons (Fsp3) is 0.375. The second-order valence-corrected chi connectivity index (χ2v) is 4.95. The maximum absolute atomic E-state index is 12.2. The van der Waals surface area contributed by atoms with Crippen molar-refractivity contribution < 1.29 is 19.1 Å². The standard InChI is InChI=1S/C16H20N2O4/c1-3-21-14(19)16(17,15(20)22-4-2)9-11-10-18-13-8-6-5-7-12(11)13/h5-8,10,18H,3-4,9,17H2,1-2H3. The summed E-state index contributed by atoms with van der Waals surface area (Å²) in [6, 6.07) is 7.59. The second-order valence-electron chi connectivity index (χ2n) is 4.95. The van der Waals surface area contributed by atoms with Gasteiger partial charge in [0.05, 0.1) is 13.2 Å². The molecule has 6 heteroatoms. The lowest BCUT2D eigenvalue weighted by atomic mass is 9.91. The van der Waals surface area contributed by atoms with Crippen molar-refractivity contribution in [3.8, 4) is 0 Å². The van der Waals surface area contributed by atoms with Gasteiger partial charge in [0.15, 0.2) is 0 Å². The van der Waals surface area contributed by atoms with Crippen LogP contribution in [0.1, 0.15) is 19.4 Å². The van der Waals surface area contributed by atoms with Crippen LogP contribution in [0.15, 0.2) is 30.5 Å². The van der Waals surface area contributed by atoms with Crippen molar-refractivity contribution in [1.29, 1.82) is 0 Å². The zero-order valence-electron chi connectivity index (χ0n) is 12.7. The van der Waals surface area contributed by atoms with E-state index in [2.05, 4.69) is 4.98 Å². The normalized spacial score (nSPS) is 11.4. The first-order chi connectivity index (χ1) is 10.5. The molecule has 0 aliphatic rings. The number of nitrogens with one attached hydrogen (secondary N) is 1. The molecule has 1 aromatic carbocycles. The summed E-state index contributed by atoms with van der Waals surface area (Å²) in [4.78, 5) is 27.5. The summed E-state index contributed by atoms with van der Waals surface area (Å²) in [5, 5.41) is 0.908. The van der Waals surface area contributed by atoms with Crippen LogP contribution in [0.5, 0.6) is 0 Å². The van der Waals surface area contributed by atoms with E-state index in [1.807, 2.05) is 24.3 Å². The van der Waals surface area contributed by atoms with Crippen molar-refractivity contribution in [3.63, 3.8) is 0 Å². The zero-order chi connectivity index (χ0) is 16.2. The summed E-state index contributed by atoms with van der Waals surface area (Å²) in [6.07, 6.45) is 1.75. The number of benzene rings is 1. The number of fused-ring (bicyclic) bond motifs is 1. The van der Waals surface area contributed by atoms with Crippen molar-refractivity contribution in [2.75, 3.05) is 13.2 Å². The average molecular weight is 304 g/mol. The molecule has 0 amide bonds. The molecule has 2 rings (SSSR count). The van der Waals surface area contributed by atoms with Crippen LogP contribution in [-0.2, 0) is 25.5 Å². The number of hydrogen-bond donors (Lipinski definition) is 2. The minimum absolute atomic E-state index is 0.00861. The lowest BCUT2D eigenvalue weighted by Crippen LogP contribution is -2.58. The second kappa shape index (κ2) is 6.62. The third kappa shape index (κ3) is 2.96. The van der Waals surface area contributed by atoms with E-state index < -0.39 is 17.5 Å². The molecule has 22 heavy (non-hydrogen) atoms. The summed E-state index contributed by atoms with van der Waals surface area (Å²) < 4.78 is 9.92. The van der Waals surface area contributed by atoms with E-state index in [-0.39, 0.29) is 19.6 Å². The number of H-pyrrole nitrogens is 1. The first kappa shape index (κ1) is 16.0. The molecule has 0 bridgehead atoms. The van der Waals surface area contributed by atoms with Crippen LogP contribution in [0.4, 0.5) is 0 Å². The lowest BCUT2D eigenvalue weighted by Gasteiger charge is -2.24. The molecule has 1 aromatic heterocycles. The van der Waals surface area contributed by atoms with Gasteiger partial charge in [0, 0.05) is 23.5 Å². The Morgan fingerprint density at radius 2 is 1.73 bits per heavy atom. The number of aromatic nitrogens is 1. The van der Waals surface area contributed by atoms with E-state index in [1.54, 1.807) is 20.0 Å². The first-order valence-corrected chi connectivity index (χ1v) is 7.21. The number of nitrogens with two attached hydrogens (primary N) is 1. The highest BCUT2D eigenvalue weighted by molar-refractivity contribution is 6.05. The van der Waals surface area contributed by atoms with Gasteiger partial charge in [0.25, 0.3) is 0 Å². The van der Waals surface area contributed by atoms with E-state index in [1.165, 1.54) is 0 Å². The van der Waals surface area contributed by atoms with Gasteiger partial charge in [-0.25, -0.2) is 9.59 Å². The Morgan fingerprint density at radius 1 is 1.14 bits per heavy atom. The van der Waals surface area contributed by atoms with Gasteiger partial charge in [-0.15, -0.1) is 0 Å². The van der Waals surface area contributed by atoms with Crippen molar-refractivity contribution in [2.45, 2.75) is 25.8 Å². The van der Waals surface area contributed by atoms with E-state index in [0.29, 0.717) is 0 Å². The van der Waals surface area contributed by atoms with Gasteiger partial charge in [-0.2, -0.15) is 0 Å². The molecule has 6 nitrogen and oxygen atoms in total. The molecular formula is C16H20N2O4. The molecule has 0 atom stereocenters. The Balaban J connectivity index is 2.37. The Kier molecular flexibility index (Phi) is 4.82. The van der Waals surface area contributed by atoms with E-state index in [0.717, 1.165) is 16.5 Å². The molecule has 0 fully saturated rings. The molecule has 1 heterocycles. The molecule has 0 saturated carbocycles. The van der Waals surface area contributed by atoms with Crippen molar-refractivity contribution in [1.82, 2.24) is 4.98 Å². The largest absolute Gasteiger partial charge is 0.464 e. The summed E-state index contributed by atoms with van der Waals surface area (Å²) >= 11 is 0. The van der Waals surface area contributed by atoms with Crippen LogP contribution in [0.2, 0.25) is 0 Å². The molecular weight excluding hydrogens is 284 g/mol.